The summed E-state index contributed by atoms with van der Waals surface area (Å²) in [6, 6.07) is 18.2. The van der Waals surface area contributed by atoms with Gasteiger partial charge in [-0.25, -0.2) is 4.39 Å². The highest BCUT2D eigenvalue weighted by atomic mass is 35.5. The first-order chi connectivity index (χ1) is 13.6. The van der Waals surface area contributed by atoms with Crippen LogP contribution in [0.25, 0.3) is 10.9 Å². The van der Waals surface area contributed by atoms with Crippen molar-refractivity contribution >= 4 is 34.2 Å². The number of nitrogens with zero attached hydrogens (tertiary/aromatic N) is 1. The van der Waals surface area contributed by atoms with Crippen molar-refractivity contribution in [3.8, 4) is 5.75 Å². The molecular weight excluding hydrogens is 381 g/mol. The number of fused-ring (bicyclic) bond motifs is 1. The van der Waals surface area contributed by atoms with Crippen molar-refractivity contribution in [2.75, 3.05) is 5.32 Å². The van der Waals surface area contributed by atoms with E-state index in [0.29, 0.717) is 34.1 Å². The second kappa shape index (κ2) is 7.70. The van der Waals surface area contributed by atoms with Crippen molar-refractivity contribution in [3.63, 3.8) is 0 Å². The van der Waals surface area contributed by atoms with Gasteiger partial charge in [0, 0.05) is 21.5 Å². The Bertz CT molecular complexity index is 1140. The smallest absolute Gasteiger partial charge is 0.256 e. The zero-order valence-electron chi connectivity index (χ0n) is 14.6. The van der Waals surface area contributed by atoms with Crippen molar-refractivity contribution < 1.29 is 13.9 Å². The molecule has 4 aromatic rings. The number of nitrogens with one attached hydrogen (secondary N) is 2. The second-order valence-electron chi connectivity index (χ2n) is 6.12. The topological polar surface area (TPSA) is 67.0 Å². The molecule has 0 fully saturated rings. The van der Waals surface area contributed by atoms with Crippen molar-refractivity contribution in [1.29, 1.82) is 0 Å². The molecule has 4 rings (SSSR count). The van der Waals surface area contributed by atoms with Crippen molar-refractivity contribution in [3.05, 3.63) is 88.7 Å². The number of hydrogen-bond donors (Lipinski definition) is 2. The molecule has 28 heavy (non-hydrogen) atoms. The largest absolute Gasteiger partial charge is 0.489 e. The molecule has 7 heteroatoms. The molecule has 0 bridgehead atoms. The molecule has 1 amide bonds. The zero-order chi connectivity index (χ0) is 19.5. The Morgan fingerprint density at radius 2 is 1.89 bits per heavy atom. The van der Waals surface area contributed by atoms with Crippen molar-refractivity contribution in [1.82, 2.24) is 10.2 Å². The number of ether oxygens (including phenoxy) is 1. The van der Waals surface area contributed by atoms with Crippen LogP contribution in [0.15, 0.2) is 66.7 Å². The maximum atomic E-state index is 13.0. The molecular formula is C21H15ClFN3O2. The highest BCUT2D eigenvalue weighted by Crippen LogP contribution is 2.27. The summed E-state index contributed by atoms with van der Waals surface area (Å²) in [4.78, 5) is 12.4. The number of halogens is 2. The van der Waals surface area contributed by atoms with E-state index in [-0.39, 0.29) is 5.91 Å². The van der Waals surface area contributed by atoms with E-state index in [1.54, 1.807) is 6.07 Å². The molecule has 0 unspecified atom stereocenters. The molecule has 0 radical (unpaired) electrons. The third kappa shape index (κ3) is 3.82. The van der Waals surface area contributed by atoms with Crippen LogP contribution in [0.1, 0.15) is 15.9 Å². The second-order valence-corrected chi connectivity index (χ2v) is 6.53. The lowest BCUT2D eigenvalue weighted by Crippen LogP contribution is -2.12. The maximum absolute atomic E-state index is 13.0. The van der Waals surface area contributed by atoms with Gasteiger partial charge >= 0.3 is 0 Å². The molecule has 0 atom stereocenters. The van der Waals surface area contributed by atoms with E-state index in [0.717, 1.165) is 11.1 Å². The van der Waals surface area contributed by atoms with Crippen LogP contribution in [0.3, 0.4) is 0 Å². The van der Waals surface area contributed by atoms with Crippen LogP contribution in [0.4, 0.5) is 10.2 Å². The summed E-state index contributed by atoms with van der Waals surface area (Å²) < 4.78 is 18.9. The molecule has 1 heterocycles. The lowest BCUT2D eigenvalue weighted by molar-refractivity contribution is 0.102. The highest BCUT2D eigenvalue weighted by Gasteiger charge is 2.12. The fraction of sp³-hybridized carbons (Fsp3) is 0.0476. The molecule has 0 aliphatic rings. The minimum Gasteiger partial charge on any atom is -0.489 e. The predicted octanol–water partition coefficient (Wildman–Crippen LogP) is 5.19. The van der Waals surface area contributed by atoms with Crippen LogP contribution < -0.4 is 10.1 Å². The fourth-order valence-corrected chi connectivity index (χ4v) is 2.93. The number of benzene rings is 3. The van der Waals surface area contributed by atoms with Crippen LogP contribution in [0.5, 0.6) is 5.75 Å². The van der Waals surface area contributed by atoms with E-state index in [2.05, 4.69) is 15.5 Å². The van der Waals surface area contributed by atoms with E-state index in [9.17, 15) is 9.18 Å². The van der Waals surface area contributed by atoms with Gasteiger partial charge in [-0.1, -0.05) is 29.8 Å². The highest BCUT2D eigenvalue weighted by molar-refractivity contribution is 6.31. The van der Waals surface area contributed by atoms with Gasteiger partial charge in [-0.3, -0.25) is 9.89 Å². The van der Waals surface area contributed by atoms with Crippen molar-refractivity contribution in [2.45, 2.75) is 6.61 Å². The Morgan fingerprint density at radius 3 is 2.68 bits per heavy atom. The Morgan fingerprint density at radius 1 is 1.11 bits per heavy atom. The summed E-state index contributed by atoms with van der Waals surface area (Å²) in [5.41, 5.74) is 1.96. The zero-order valence-corrected chi connectivity index (χ0v) is 15.3. The summed E-state index contributed by atoms with van der Waals surface area (Å²) in [5.74, 6) is 0.205. The molecule has 0 spiro atoms. The van der Waals surface area contributed by atoms with Gasteiger partial charge in [-0.15, -0.1) is 0 Å². The van der Waals surface area contributed by atoms with Crippen molar-refractivity contribution in [2.24, 2.45) is 0 Å². The molecule has 3 aromatic carbocycles. The average molecular weight is 396 g/mol. The average Bonchev–Trinajstić information content (AvgIpc) is 3.10. The molecule has 1 aromatic heterocycles. The fourth-order valence-electron chi connectivity index (χ4n) is 2.74. The Hall–Kier alpha value is -3.38. The summed E-state index contributed by atoms with van der Waals surface area (Å²) in [6.45, 7) is 0.320. The number of rotatable bonds is 5. The van der Waals surface area contributed by atoms with Crippen LogP contribution in [0, 0.1) is 5.82 Å². The lowest BCUT2D eigenvalue weighted by atomic mass is 10.2. The van der Waals surface area contributed by atoms with E-state index in [1.807, 2.05) is 36.4 Å². The van der Waals surface area contributed by atoms with Gasteiger partial charge in [0.15, 0.2) is 5.82 Å². The van der Waals surface area contributed by atoms with E-state index < -0.39 is 5.82 Å². The SMILES string of the molecule is O=C(Nc1n[nH]c2ccc(OCc3ccccc3Cl)cc12)c1ccc(F)cc1. The van der Waals surface area contributed by atoms with Crippen LogP contribution in [-0.4, -0.2) is 16.1 Å². The minimum absolute atomic E-state index is 0.320. The van der Waals surface area contributed by atoms with E-state index >= 15 is 0 Å². The normalized spacial score (nSPS) is 10.8. The quantitative estimate of drug-likeness (QED) is 0.489. The van der Waals surface area contributed by atoms with Gasteiger partial charge in [-0.05, 0) is 48.5 Å². The first-order valence-corrected chi connectivity index (χ1v) is 8.89. The number of carbonyl (C=O) groups excluding carboxylic acids is 1. The van der Waals surface area contributed by atoms with Crippen LogP contribution in [-0.2, 0) is 6.61 Å². The summed E-state index contributed by atoms with van der Waals surface area (Å²) >= 11 is 6.15. The third-order valence-electron chi connectivity index (χ3n) is 4.22. The maximum Gasteiger partial charge on any atom is 0.256 e. The number of amides is 1. The standard InChI is InChI=1S/C21H15ClFN3O2/c22-18-4-2-1-3-14(18)12-28-16-9-10-19-17(11-16)20(26-25-19)24-21(27)13-5-7-15(23)8-6-13/h1-11H,12H2,(H2,24,25,26,27). The molecule has 5 nitrogen and oxygen atoms in total. The molecule has 0 aliphatic carbocycles. The number of anilines is 1. The Labute approximate surface area is 165 Å². The summed E-state index contributed by atoms with van der Waals surface area (Å²) in [5, 5.41) is 11.1. The number of carbonyl (C=O) groups is 1. The molecule has 0 saturated heterocycles. The number of aromatic amines is 1. The van der Waals surface area contributed by atoms with Gasteiger partial charge in [0.25, 0.3) is 5.91 Å². The van der Waals surface area contributed by atoms with E-state index in [4.69, 9.17) is 16.3 Å². The minimum atomic E-state index is -0.401. The van der Waals surface area contributed by atoms with E-state index in [1.165, 1.54) is 24.3 Å². The molecule has 0 saturated carbocycles. The van der Waals surface area contributed by atoms with Gasteiger partial charge in [-0.2, -0.15) is 5.10 Å². The molecule has 0 aliphatic heterocycles. The molecule has 2 N–H and O–H groups in total. The Kier molecular flexibility index (Phi) is 4.95. The van der Waals surface area contributed by atoms with Crippen LogP contribution >= 0.6 is 11.6 Å². The van der Waals surface area contributed by atoms with Gasteiger partial charge in [0.2, 0.25) is 0 Å². The first-order valence-electron chi connectivity index (χ1n) is 8.51. The third-order valence-corrected chi connectivity index (χ3v) is 4.59. The van der Waals surface area contributed by atoms with Gasteiger partial charge < -0.3 is 10.1 Å². The number of hydrogen-bond acceptors (Lipinski definition) is 3. The Balaban J connectivity index is 1.53. The summed E-state index contributed by atoms with van der Waals surface area (Å²) in [6.07, 6.45) is 0. The number of H-pyrrole nitrogens is 1. The predicted molar refractivity (Wildman–Crippen MR) is 106 cm³/mol. The first kappa shape index (κ1) is 18.0. The lowest BCUT2D eigenvalue weighted by Gasteiger charge is -2.08. The monoisotopic (exact) mass is 395 g/mol. The summed E-state index contributed by atoms with van der Waals surface area (Å²) in [7, 11) is 0. The van der Waals surface area contributed by atoms with Gasteiger partial charge in [0.1, 0.15) is 18.2 Å². The molecule has 140 valence electrons. The van der Waals surface area contributed by atoms with Crippen LogP contribution in [0.2, 0.25) is 5.02 Å². The van der Waals surface area contributed by atoms with Gasteiger partial charge in [0.05, 0.1) is 5.52 Å². The number of aromatic nitrogens is 2.